The first-order valence-corrected chi connectivity index (χ1v) is 9.11. The standard InChI is InChI=1S/C17H17N3OS2/c1-13-5-2-3-7-15(13)23-12-17(21)19-16-8-9-18-20(16)11-14-6-4-10-22-14/h2-10H,11-12H2,1H3,(H,19,21). The monoisotopic (exact) mass is 343 g/mol. The molecule has 0 spiro atoms. The number of carbonyl (C=O) groups excluding carboxylic acids is 1. The van der Waals surface area contributed by atoms with E-state index in [0.29, 0.717) is 12.3 Å². The highest BCUT2D eigenvalue weighted by Crippen LogP contribution is 2.22. The molecule has 118 valence electrons. The van der Waals surface area contributed by atoms with Crippen molar-refractivity contribution in [3.05, 3.63) is 64.5 Å². The second-order valence-corrected chi connectivity index (χ2v) is 7.11. The Hall–Kier alpha value is -2.05. The van der Waals surface area contributed by atoms with Gasteiger partial charge in [-0.05, 0) is 30.0 Å². The Morgan fingerprint density at radius 2 is 2.13 bits per heavy atom. The summed E-state index contributed by atoms with van der Waals surface area (Å²) >= 11 is 3.23. The van der Waals surface area contributed by atoms with Gasteiger partial charge in [-0.25, -0.2) is 4.68 Å². The van der Waals surface area contributed by atoms with E-state index in [-0.39, 0.29) is 5.91 Å². The lowest BCUT2D eigenvalue weighted by Gasteiger charge is -2.09. The van der Waals surface area contributed by atoms with Crippen molar-refractivity contribution in [1.29, 1.82) is 0 Å². The summed E-state index contributed by atoms with van der Waals surface area (Å²) in [6, 6.07) is 14.0. The van der Waals surface area contributed by atoms with Crippen molar-refractivity contribution >= 4 is 34.8 Å². The summed E-state index contributed by atoms with van der Waals surface area (Å²) < 4.78 is 1.81. The maximum absolute atomic E-state index is 12.2. The van der Waals surface area contributed by atoms with E-state index < -0.39 is 0 Å². The minimum Gasteiger partial charge on any atom is -0.310 e. The average molecular weight is 343 g/mol. The number of rotatable bonds is 6. The second-order valence-electron chi connectivity index (χ2n) is 5.06. The van der Waals surface area contributed by atoms with Gasteiger partial charge in [-0.15, -0.1) is 23.1 Å². The molecular weight excluding hydrogens is 326 g/mol. The van der Waals surface area contributed by atoms with Crippen LogP contribution in [0.1, 0.15) is 10.4 Å². The molecule has 0 aliphatic heterocycles. The number of anilines is 1. The van der Waals surface area contributed by atoms with Gasteiger partial charge in [0.1, 0.15) is 5.82 Å². The molecule has 23 heavy (non-hydrogen) atoms. The van der Waals surface area contributed by atoms with Gasteiger partial charge in [0, 0.05) is 15.8 Å². The van der Waals surface area contributed by atoms with E-state index in [4.69, 9.17) is 0 Å². The number of hydrogen-bond acceptors (Lipinski definition) is 4. The Balaban J connectivity index is 1.58. The Kier molecular flexibility index (Phi) is 5.15. The van der Waals surface area contributed by atoms with E-state index >= 15 is 0 Å². The minimum atomic E-state index is -0.0221. The van der Waals surface area contributed by atoms with Crippen LogP contribution in [0, 0.1) is 6.92 Å². The molecule has 1 N–H and O–H groups in total. The minimum absolute atomic E-state index is 0.0221. The molecule has 2 aromatic heterocycles. The highest BCUT2D eigenvalue weighted by molar-refractivity contribution is 8.00. The molecule has 1 amide bonds. The van der Waals surface area contributed by atoms with Gasteiger partial charge in [0.2, 0.25) is 5.91 Å². The van der Waals surface area contributed by atoms with E-state index in [1.807, 2.05) is 40.4 Å². The van der Waals surface area contributed by atoms with Crippen molar-refractivity contribution in [1.82, 2.24) is 9.78 Å². The van der Waals surface area contributed by atoms with Crippen LogP contribution in [-0.2, 0) is 11.3 Å². The molecule has 0 aliphatic rings. The van der Waals surface area contributed by atoms with E-state index in [9.17, 15) is 4.79 Å². The van der Waals surface area contributed by atoms with Crippen LogP contribution >= 0.6 is 23.1 Å². The summed E-state index contributed by atoms with van der Waals surface area (Å²) in [4.78, 5) is 14.5. The lowest BCUT2D eigenvalue weighted by atomic mass is 10.2. The smallest absolute Gasteiger partial charge is 0.235 e. The molecule has 2 heterocycles. The second kappa shape index (κ2) is 7.48. The van der Waals surface area contributed by atoms with Crippen molar-refractivity contribution in [2.45, 2.75) is 18.4 Å². The third-order valence-electron chi connectivity index (χ3n) is 3.32. The van der Waals surface area contributed by atoms with Gasteiger partial charge in [-0.3, -0.25) is 4.79 Å². The number of hydrogen-bond donors (Lipinski definition) is 1. The predicted octanol–water partition coefficient (Wildman–Crippen LogP) is 4.03. The molecule has 0 saturated carbocycles. The number of carbonyl (C=O) groups is 1. The topological polar surface area (TPSA) is 46.9 Å². The number of aromatic nitrogens is 2. The fourth-order valence-corrected chi connectivity index (χ4v) is 3.67. The largest absolute Gasteiger partial charge is 0.310 e. The van der Waals surface area contributed by atoms with Crippen molar-refractivity contribution < 1.29 is 4.79 Å². The fourth-order valence-electron chi connectivity index (χ4n) is 2.16. The lowest BCUT2D eigenvalue weighted by molar-refractivity contribution is -0.113. The number of nitrogens with one attached hydrogen (secondary N) is 1. The Labute approximate surface area is 143 Å². The summed E-state index contributed by atoms with van der Waals surface area (Å²) in [6.45, 7) is 2.72. The molecule has 0 unspecified atom stereocenters. The fraction of sp³-hybridized carbons (Fsp3) is 0.176. The first-order valence-electron chi connectivity index (χ1n) is 7.25. The van der Waals surface area contributed by atoms with Crippen LogP contribution in [0.25, 0.3) is 0 Å². The van der Waals surface area contributed by atoms with Gasteiger partial charge in [-0.2, -0.15) is 5.10 Å². The summed E-state index contributed by atoms with van der Waals surface area (Å²) in [6.07, 6.45) is 1.71. The predicted molar refractivity (Wildman–Crippen MR) is 96.2 cm³/mol. The molecule has 1 aromatic carbocycles. The normalized spacial score (nSPS) is 10.7. The molecule has 6 heteroatoms. The quantitative estimate of drug-likeness (QED) is 0.687. The molecule has 3 aromatic rings. The number of aryl methyl sites for hydroxylation is 1. The van der Waals surface area contributed by atoms with E-state index in [0.717, 1.165) is 10.7 Å². The maximum Gasteiger partial charge on any atom is 0.235 e. The summed E-state index contributed by atoms with van der Waals surface area (Å²) in [5.74, 6) is 1.09. The molecule has 4 nitrogen and oxygen atoms in total. The molecule has 0 aliphatic carbocycles. The number of benzene rings is 1. The number of amides is 1. The van der Waals surface area contributed by atoms with Gasteiger partial charge in [0.05, 0.1) is 18.5 Å². The first kappa shape index (κ1) is 15.8. The molecule has 0 fully saturated rings. The Morgan fingerprint density at radius 3 is 2.91 bits per heavy atom. The van der Waals surface area contributed by atoms with Crippen molar-refractivity contribution in [3.8, 4) is 0 Å². The van der Waals surface area contributed by atoms with Gasteiger partial charge >= 0.3 is 0 Å². The molecular formula is C17H17N3OS2. The van der Waals surface area contributed by atoms with E-state index in [1.54, 1.807) is 29.3 Å². The number of thiophene rings is 1. The molecule has 0 atom stereocenters. The van der Waals surface area contributed by atoms with Gasteiger partial charge < -0.3 is 5.32 Å². The van der Waals surface area contributed by atoms with Crippen LogP contribution in [0.2, 0.25) is 0 Å². The SMILES string of the molecule is Cc1ccccc1SCC(=O)Nc1ccnn1Cc1cccs1. The van der Waals surface area contributed by atoms with E-state index in [1.165, 1.54) is 10.4 Å². The molecule has 0 saturated heterocycles. The van der Waals surface area contributed by atoms with Crippen LogP contribution in [0.15, 0.2) is 58.9 Å². The zero-order valence-electron chi connectivity index (χ0n) is 12.7. The zero-order valence-corrected chi connectivity index (χ0v) is 14.4. The Morgan fingerprint density at radius 1 is 1.26 bits per heavy atom. The molecule has 0 bridgehead atoms. The van der Waals surface area contributed by atoms with Crippen LogP contribution < -0.4 is 5.32 Å². The average Bonchev–Trinajstić information content (AvgIpc) is 3.20. The summed E-state index contributed by atoms with van der Waals surface area (Å²) in [7, 11) is 0. The van der Waals surface area contributed by atoms with Gasteiger partial charge in [0.15, 0.2) is 0 Å². The van der Waals surface area contributed by atoms with E-state index in [2.05, 4.69) is 29.5 Å². The molecule has 3 rings (SSSR count). The van der Waals surface area contributed by atoms with Crippen LogP contribution in [0.4, 0.5) is 5.82 Å². The van der Waals surface area contributed by atoms with Gasteiger partial charge in [-0.1, -0.05) is 24.3 Å². The Bertz CT molecular complexity index is 781. The van der Waals surface area contributed by atoms with Crippen molar-refractivity contribution in [2.24, 2.45) is 0 Å². The van der Waals surface area contributed by atoms with Gasteiger partial charge in [0.25, 0.3) is 0 Å². The van der Waals surface area contributed by atoms with Crippen molar-refractivity contribution in [2.75, 3.05) is 11.1 Å². The number of thioether (sulfide) groups is 1. The van der Waals surface area contributed by atoms with Crippen molar-refractivity contribution in [3.63, 3.8) is 0 Å². The third-order valence-corrected chi connectivity index (χ3v) is 5.36. The molecule has 0 radical (unpaired) electrons. The third kappa shape index (κ3) is 4.24. The highest BCUT2D eigenvalue weighted by atomic mass is 32.2. The first-order chi connectivity index (χ1) is 11.2. The maximum atomic E-state index is 12.2. The van der Waals surface area contributed by atoms with Crippen LogP contribution in [0.3, 0.4) is 0 Å². The number of nitrogens with zero attached hydrogens (tertiary/aromatic N) is 2. The summed E-state index contributed by atoms with van der Waals surface area (Å²) in [5, 5.41) is 9.25. The zero-order chi connectivity index (χ0) is 16.1. The van der Waals surface area contributed by atoms with Crippen LogP contribution in [-0.4, -0.2) is 21.4 Å². The highest BCUT2D eigenvalue weighted by Gasteiger charge is 2.09. The lowest BCUT2D eigenvalue weighted by Crippen LogP contribution is -2.17. The summed E-state index contributed by atoms with van der Waals surface area (Å²) in [5.41, 5.74) is 1.19. The van der Waals surface area contributed by atoms with Crippen LogP contribution in [0.5, 0.6) is 0 Å².